The smallest absolute Gasteiger partial charge is 0.128 e. The lowest BCUT2D eigenvalue weighted by atomic mass is 10.2. The number of nitrogens with zero attached hydrogens (tertiary/aromatic N) is 3. The zero-order chi connectivity index (χ0) is 15.1. The minimum absolute atomic E-state index is 0.367. The van der Waals surface area contributed by atoms with Gasteiger partial charge in [0.2, 0.25) is 0 Å². The summed E-state index contributed by atoms with van der Waals surface area (Å²) in [5, 5.41) is 9.92. The second-order valence-electron chi connectivity index (χ2n) is 5.40. The van der Waals surface area contributed by atoms with E-state index in [-0.39, 0.29) is 0 Å². The van der Waals surface area contributed by atoms with E-state index in [4.69, 9.17) is 4.74 Å². The van der Waals surface area contributed by atoms with Crippen LogP contribution >= 0.6 is 0 Å². The van der Waals surface area contributed by atoms with E-state index in [2.05, 4.69) is 27.4 Å². The maximum Gasteiger partial charge on any atom is 0.128 e. The molecule has 5 nitrogen and oxygen atoms in total. The van der Waals surface area contributed by atoms with Gasteiger partial charge in [-0.1, -0.05) is 12.1 Å². The van der Waals surface area contributed by atoms with Crippen LogP contribution < -0.4 is 4.90 Å². The first-order valence-electron chi connectivity index (χ1n) is 7.46. The van der Waals surface area contributed by atoms with Crippen molar-refractivity contribution in [2.45, 2.75) is 13.0 Å². The molecule has 1 aliphatic heterocycles. The van der Waals surface area contributed by atoms with Crippen LogP contribution in [0.2, 0.25) is 0 Å². The van der Waals surface area contributed by atoms with E-state index in [1.54, 1.807) is 6.08 Å². The second-order valence-corrected chi connectivity index (χ2v) is 5.40. The topological polar surface area (TPSA) is 48.8 Å². The number of pyridine rings is 1. The highest BCUT2D eigenvalue weighted by Gasteiger charge is 2.20. The summed E-state index contributed by atoms with van der Waals surface area (Å²) in [4.78, 5) is 9.13. The van der Waals surface area contributed by atoms with Gasteiger partial charge in [-0.25, -0.2) is 4.98 Å². The minimum Gasteiger partial charge on any atom is -0.389 e. The Morgan fingerprint density at radius 2 is 2.14 bits per heavy atom. The average molecular weight is 291 g/mol. The maximum atomic E-state index is 9.92. The standard InChI is InChI=1S/C16H25N3O2/c1-3-11-21-13-15(20)12-18-7-9-19(10-8-18)16-6-4-5-14(2)17-16/h3-6,15,20H,1,7-13H2,2H3. The number of rotatable bonds is 7. The maximum absolute atomic E-state index is 9.92. The van der Waals surface area contributed by atoms with Crippen molar-refractivity contribution in [1.82, 2.24) is 9.88 Å². The molecule has 1 aromatic heterocycles. The van der Waals surface area contributed by atoms with E-state index in [1.165, 1.54) is 0 Å². The number of hydrogen-bond donors (Lipinski definition) is 1. The number of ether oxygens (including phenoxy) is 1. The molecule has 5 heteroatoms. The van der Waals surface area contributed by atoms with Crippen LogP contribution in [0.25, 0.3) is 0 Å². The Bertz CT molecular complexity index is 445. The third kappa shape index (κ3) is 5.12. The van der Waals surface area contributed by atoms with Crippen molar-refractivity contribution in [3.63, 3.8) is 0 Å². The number of piperazine rings is 1. The molecule has 1 N–H and O–H groups in total. The van der Waals surface area contributed by atoms with Gasteiger partial charge in [-0.2, -0.15) is 0 Å². The molecule has 1 atom stereocenters. The molecule has 0 amide bonds. The molecule has 1 fully saturated rings. The van der Waals surface area contributed by atoms with Gasteiger partial charge in [0.05, 0.1) is 19.3 Å². The van der Waals surface area contributed by atoms with Crippen molar-refractivity contribution < 1.29 is 9.84 Å². The molecule has 116 valence electrons. The van der Waals surface area contributed by atoms with Gasteiger partial charge in [0.25, 0.3) is 0 Å². The number of hydrogen-bond acceptors (Lipinski definition) is 5. The van der Waals surface area contributed by atoms with Crippen LogP contribution in [0.1, 0.15) is 5.69 Å². The summed E-state index contributed by atoms with van der Waals surface area (Å²) in [5.41, 5.74) is 1.05. The van der Waals surface area contributed by atoms with Crippen LogP contribution in [0.4, 0.5) is 5.82 Å². The highest BCUT2D eigenvalue weighted by Crippen LogP contribution is 2.14. The highest BCUT2D eigenvalue weighted by molar-refractivity contribution is 5.39. The Morgan fingerprint density at radius 1 is 1.38 bits per heavy atom. The van der Waals surface area contributed by atoms with Gasteiger partial charge in [-0.05, 0) is 19.1 Å². The van der Waals surface area contributed by atoms with Crippen molar-refractivity contribution in [2.75, 3.05) is 50.8 Å². The lowest BCUT2D eigenvalue weighted by Gasteiger charge is -2.36. The fourth-order valence-corrected chi connectivity index (χ4v) is 2.50. The lowest BCUT2D eigenvalue weighted by molar-refractivity contribution is 0.0252. The summed E-state index contributed by atoms with van der Waals surface area (Å²) >= 11 is 0. The lowest BCUT2D eigenvalue weighted by Crippen LogP contribution is -2.49. The molecule has 21 heavy (non-hydrogen) atoms. The quantitative estimate of drug-likeness (QED) is 0.602. The molecule has 2 heterocycles. The monoisotopic (exact) mass is 291 g/mol. The van der Waals surface area contributed by atoms with Crippen LogP contribution in [-0.2, 0) is 4.74 Å². The zero-order valence-electron chi connectivity index (χ0n) is 12.7. The summed E-state index contributed by atoms with van der Waals surface area (Å²) in [6, 6.07) is 6.12. The van der Waals surface area contributed by atoms with Crippen molar-refractivity contribution in [3.8, 4) is 0 Å². The minimum atomic E-state index is -0.436. The Hall–Kier alpha value is -1.43. The van der Waals surface area contributed by atoms with Gasteiger partial charge in [0.1, 0.15) is 5.82 Å². The van der Waals surface area contributed by atoms with Crippen LogP contribution in [0.3, 0.4) is 0 Å². The van der Waals surface area contributed by atoms with E-state index in [1.807, 2.05) is 19.1 Å². The summed E-state index contributed by atoms with van der Waals surface area (Å²) in [5.74, 6) is 1.05. The first kappa shape index (κ1) is 15.9. The Kier molecular flexibility index (Phi) is 6.17. The van der Waals surface area contributed by atoms with E-state index >= 15 is 0 Å². The molecule has 0 aliphatic carbocycles. The first-order valence-corrected chi connectivity index (χ1v) is 7.46. The van der Waals surface area contributed by atoms with Crippen molar-refractivity contribution in [3.05, 3.63) is 36.5 Å². The molecule has 0 bridgehead atoms. The Morgan fingerprint density at radius 3 is 2.81 bits per heavy atom. The summed E-state index contributed by atoms with van der Waals surface area (Å²) < 4.78 is 5.27. The molecule has 0 aromatic carbocycles. The van der Waals surface area contributed by atoms with Crippen LogP contribution in [0.15, 0.2) is 30.9 Å². The third-order valence-electron chi connectivity index (χ3n) is 3.58. The number of aliphatic hydroxyl groups excluding tert-OH is 1. The van der Waals surface area contributed by atoms with Crippen LogP contribution in [0.5, 0.6) is 0 Å². The first-order chi connectivity index (χ1) is 10.2. The number of aromatic nitrogens is 1. The Balaban J connectivity index is 1.74. The van der Waals surface area contributed by atoms with Gasteiger partial charge in [0.15, 0.2) is 0 Å². The van der Waals surface area contributed by atoms with E-state index < -0.39 is 6.10 Å². The van der Waals surface area contributed by atoms with E-state index in [0.717, 1.165) is 37.7 Å². The van der Waals surface area contributed by atoms with E-state index in [0.29, 0.717) is 19.8 Å². The number of aliphatic hydroxyl groups is 1. The van der Waals surface area contributed by atoms with Gasteiger partial charge in [0, 0.05) is 38.4 Å². The van der Waals surface area contributed by atoms with Gasteiger partial charge in [-0.15, -0.1) is 6.58 Å². The van der Waals surface area contributed by atoms with Crippen molar-refractivity contribution in [1.29, 1.82) is 0 Å². The van der Waals surface area contributed by atoms with E-state index in [9.17, 15) is 5.11 Å². The fraction of sp³-hybridized carbons (Fsp3) is 0.562. The van der Waals surface area contributed by atoms with Gasteiger partial charge >= 0.3 is 0 Å². The largest absolute Gasteiger partial charge is 0.389 e. The molecule has 0 radical (unpaired) electrons. The predicted octanol–water partition coefficient (Wildman–Crippen LogP) is 1.08. The Labute approximate surface area is 126 Å². The second kappa shape index (κ2) is 8.12. The zero-order valence-corrected chi connectivity index (χ0v) is 12.7. The molecule has 0 saturated carbocycles. The summed E-state index contributed by atoms with van der Waals surface area (Å²) in [7, 11) is 0. The normalized spacial score (nSPS) is 17.7. The SMILES string of the molecule is C=CCOCC(O)CN1CCN(c2cccc(C)n2)CC1. The molecular formula is C16H25N3O2. The number of β-amino-alcohol motifs (C(OH)–C–C–N with tert-alkyl or cyclic N) is 1. The third-order valence-corrected chi connectivity index (χ3v) is 3.58. The number of aryl methyl sites for hydroxylation is 1. The average Bonchev–Trinajstić information content (AvgIpc) is 2.48. The fourth-order valence-electron chi connectivity index (χ4n) is 2.50. The number of anilines is 1. The van der Waals surface area contributed by atoms with Gasteiger partial charge < -0.3 is 14.7 Å². The van der Waals surface area contributed by atoms with Crippen LogP contribution in [0, 0.1) is 6.92 Å². The molecule has 1 aromatic rings. The molecule has 0 spiro atoms. The summed E-state index contributed by atoms with van der Waals surface area (Å²) in [6.45, 7) is 10.9. The van der Waals surface area contributed by atoms with Crippen molar-refractivity contribution >= 4 is 5.82 Å². The van der Waals surface area contributed by atoms with Crippen LogP contribution in [-0.4, -0.2) is 67.0 Å². The molecular weight excluding hydrogens is 266 g/mol. The highest BCUT2D eigenvalue weighted by atomic mass is 16.5. The molecule has 1 saturated heterocycles. The molecule has 2 rings (SSSR count). The molecule has 1 aliphatic rings. The molecule has 1 unspecified atom stereocenters. The predicted molar refractivity (Wildman–Crippen MR) is 84.6 cm³/mol. The summed E-state index contributed by atoms with van der Waals surface area (Å²) in [6.07, 6.45) is 1.26. The van der Waals surface area contributed by atoms with Gasteiger partial charge in [-0.3, -0.25) is 4.90 Å². The van der Waals surface area contributed by atoms with Crippen molar-refractivity contribution in [2.24, 2.45) is 0 Å².